The minimum absolute atomic E-state index is 0.550. The quantitative estimate of drug-likeness (QED) is 0.858. The smallest absolute Gasteiger partial charge is 0.0475 e. The number of likely N-dealkylation sites (N-methyl/N-ethyl adjacent to an activating group) is 1. The molecule has 1 aliphatic rings. The first-order valence-electron chi connectivity index (χ1n) is 7.28. The van der Waals surface area contributed by atoms with E-state index in [0.717, 1.165) is 25.6 Å². The fraction of sp³-hybridized carbons (Fsp3) is 0.625. The van der Waals surface area contributed by atoms with Gasteiger partial charge in [-0.1, -0.05) is 51.5 Å². The van der Waals surface area contributed by atoms with Crippen molar-refractivity contribution in [3.8, 4) is 0 Å². The maximum atomic E-state index is 3.56. The van der Waals surface area contributed by atoms with Gasteiger partial charge >= 0.3 is 0 Å². The van der Waals surface area contributed by atoms with E-state index in [1.165, 1.54) is 24.1 Å². The molecule has 0 aliphatic carbocycles. The third kappa shape index (κ3) is 2.93. The maximum Gasteiger partial charge on any atom is 0.0475 e. The molecule has 0 saturated carbocycles. The minimum Gasteiger partial charge on any atom is -0.311 e. The van der Waals surface area contributed by atoms with E-state index in [1.807, 2.05) is 0 Å². The summed E-state index contributed by atoms with van der Waals surface area (Å²) in [7, 11) is 0. The Morgan fingerprint density at radius 3 is 2.83 bits per heavy atom. The number of hydrogen-bond acceptors (Lipinski definition) is 2. The molecule has 0 fully saturated rings. The van der Waals surface area contributed by atoms with E-state index in [4.69, 9.17) is 0 Å². The largest absolute Gasteiger partial charge is 0.311 e. The van der Waals surface area contributed by atoms with Crippen molar-refractivity contribution in [1.29, 1.82) is 0 Å². The van der Waals surface area contributed by atoms with Crippen molar-refractivity contribution >= 4 is 0 Å². The lowest BCUT2D eigenvalue weighted by atomic mass is 9.94. The summed E-state index contributed by atoms with van der Waals surface area (Å²) >= 11 is 0. The second kappa shape index (κ2) is 6.35. The molecule has 18 heavy (non-hydrogen) atoms. The molecule has 1 heterocycles. The van der Waals surface area contributed by atoms with Crippen molar-refractivity contribution in [2.75, 3.05) is 19.6 Å². The average Bonchev–Trinajstić information content (AvgIpc) is 2.44. The topological polar surface area (TPSA) is 15.3 Å². The van der Waals surface area contributed by atoms with Gasteiger partial charge in [0, 0.05) is 25.7 Å². The van der Waals surface area contributed by atoms with Crippen molar-refractivity contribution in [3.05, 3.63) is 35.4 Å². The van der Waals surface area contributed by atoms with Crippen LogP contribution in [-0.4, -0.2) is 24.5 Å². The standard InChI is InChI=1S/C16H26N2/c1-4-13(3)12-18(5-2)16-11-17-10-14-8-6-7-9-15(14)16/h6-9,13,16-17H,4-5,10-12H2,1-3H3. The molecule has 1 aromatic carbocycles. The molecule has 1 N–H and O–H groups in total. The first kappa shape index (κ1) is 13.6. The first-order valence-corrected chi connectivity index (χ1v) is 7.28. The molecule has 0 amide bonds. The highest BCUT2D eigenvalue weighted by Crippen LogP contribution is 2.27. The van der Waals surface area contributed by atoms with Gasteiger partial charge < -0.3 is 5.32 Å². The lowest BCUT2D eigenvalue weighted by Crippen LogP contribution is -2.41. The van der Waals surface area contributed by atoms with E-state index in [-0.39, 0.29) is 0 Å². The van der Waals surface area contributed by atoms with Crippen LogP contribution in [0.1, 0.15) is 44.4 Å². The number of benzene rings is 1. The summed E-state index contributed by atoms with van der Waals surface area (Å²) in [6.45, 7) is 11.4. The number of rotatable bonds is 5. The van der Waals surface area contributed by atoms with Gasteiger partial charge in [0.2, 0.25) is 0 Å². The normalized spacial score (nSPS) is 20.8. The average molecular weight is 246 g/mol. The summed E-state index contributed by atoms with van der Waals surface area (Å²) in [6, 6.07) is 9.43. The zero-order chi connectivity index (χ0) is 13.0. The summed E-state index contributed by atoms with van der Waals surface area (Å²) in [4.78, 5) is 2.62. The van der Waals surface area contributed by atoms with Gasteiger partial charge in [0.1, 0.15) is 0 Å². The summed E-state index contributed by atoms with van der Waals surface area (Å²) in [5.74, 6) is 0.777. The molecule has 2 atom stereocenters. The Morgan fingerprint density at radius 2 is 2.11 bits per heavy atom. The zero-order valence-electron chi connectivity index (χ0n) is 11.9. The lowest BCUT2D eigenvalue weighted by Gasteiger charge is -2.37. The number of nitrogens with one attached hydrogen (secondary N) is 1. The van der Waals surface area contributed by atoms with Gasteiger partial charge in [-0.25, -0.2) is 0 Å². The molecule has 2 unspecified atom stereocenters. The van der Waals surface area contributed by atoms with E-state index >= 15 is 0 Å². The monoisotopic (exact) mass is 246 g/mol. The molecule has 0 saturated heterocycles. The Balaban J connectivity index is 2.17. The van der Waals surface area contributed by atoms with Gasteiger partial charge in [0.15, 0.2) is 0 Å². The highest BCUT2D eigenvalue weighted by Gasteiger charge is 2.25. The van der Waals surface area contributed by atoms with E-state index in [1.54, 1.807) is 0 Å². The van der Waals surface area contributed by atoms with Crippen LogP contribution in [0.5, 0.6) is 0 Å². The van der Waals surface area contributed by atoms with Crippen molar-refractivity contribution in [3.63, 3.8) is 0 Å². The predicted octanol–water partition coefficient (Wildman–Crippen LogP) is 3.20. The molecule has 1 aromatic rings. The van der Waals surface area contributed by atoms with Crippen LogP contribution in [0.15, 0.2) is 24.3 Å². The predicted molar refractivity (Wildman–Crippen MR) is 77.6 cm³/mol. The van der Waals surface area contributed by atoms with Gasteiger partial charge in [-0.15, -0.1) is 0 Å². The fourth-order valence-corrected chi connectivity index (χ4v) is 2.81. The van der Waals surface area contributed by atoms with E-state index in [0.29, 0.717) is 6.04 Å². The van der Waals surface area contributed by atoms with Gasteiger partial charge in [0.25, 0.3) is 0 Å². The van der Waals surface area contributed by atoms with Gasteiger partial charge in [0.05, 0.1) is 0 Å². The molecular formula is C16H26N2. The Bertz CT molecular complexity index is 375. The van der Waals surface area contributed by atoms with Crippen LogP contribution in [0, 0.1) is 5.92 Å². The summed E-state index contributed by atoms with van der Waals surface area (Å²) in [5, 5.41) is 3.56. The lowest BCUT2D eigenvalue weighted by molar-refractivity contribution is 0.168. The highest BCUT2D eigenvalue weighted by atomic mass is 15.2. The molecular weight excluding hydrogens is 220 g/mol. The van der Waals surface area contributed by atoms with Crippen LogP contribution < -0.4 is 5.32 Å². The van der Waals surface area contributed by atoms with E-state index in [9.17, 15) is 0 Å². The van der Waals surface area contributed by atoms with Crippen LogP contribution in [0.25, 0.3) is 0 Å². The number of fused-ring (bicyclic) bond motifs is 1. The maximum absolute atomic E-state index is 3.56. The zero-order valence-corrected chi connectivity index (χ0v) is 11.9. The molecule has 0 aromatic heterocycles. The molecule has 1 aliphatic heterocycles. The van der Waals surface area contributed by atoms with E-state index in [2.05, 4.69) is 55.3 Å². The highest BCUT2D eigenvalue weighted by molar-refractivity contribution is 5.32. The van der Waals surface area contributed by atoms with Crippen molar-refractivity contribution in [2.24, 2.45) is 5.92 Å². The Kier molecular flexibility index (Phi) is 4.79. The molecule has 0 bridgehead atoms. The number of nitrogens with zero attached hydrogens (tertiary/aromatic N) is 1. The molecule has 2 heteroatoms. The van der Waals surface area contributed by atoms with Crippen LogP contribution >= 0.6 is 0 Å². The fourth-order valence-electron chi connectivity index (χ4n) is 2.81. The number of hydrogen-bond donors (Lipinski definition) is 1. The second-order valence-electron chi connectivity index (χ2n) is 5.45. The SMILES string of the molecule is CCC(C)CN(CC)C1CNCc2ccccc21. The van der Waals surface area contributed by atoms with Crippen molar-refractivity contribution in [1.82, 2.24) is 10.2 Å². The van der Waals surface area contributed by atoms with Crippen molar-refractivity contribution in [2.45, 2.75) is 39.8 Å². The molecule has 2 nitrogen and oxygen atoms in total. The van der Waals surface area contributed by atoms with Crippen molar-refractivity contribution < 1.29 is 0 Å². The van der Waals surface area contributed by atoms with Gasteiger partial charge in [-0.2, -0.15) is 0 Å². The second-order valence-corrected chi connectivity index (χ2v) is 5.45. The van der Waals surface area contributed by atoms with E-state index < -0.39 is 0 Å². The van der Waals surface area contributed by atoms with Crippen LogP contribution in [0.3, 0.4) is 0 Å². The molecule has 0 radical (unpaired) electrons. The summed E-state index contributed by atoms with van der Waals surface area (Å²) < 4.78 is 0. The molecule has 100 valence electrons. The third-order valence-corrected chi connectivity index (χ3v) is 4.16. The molecule has 2 rings (SSSR count). The van der Waals surface area contributed by atoms with Gasteiger partial charge in [-0.3, -0.25) is 4.90 Å². The molecule has 0 spiro atoms. The van der Waals surface area contributed by atoms with Crippen LogP contribution in [0.2, 0.25) is 0 Å². The minimum atomic E-state index is 0.550. The first-order chi connectivity index (χ1) is 8.76. The van der Waals surface area contributed by atoms with Gasteiger partial charge in [-0.05, 0) is 23.6 Å². The Morgan fingerprint density at radius 1 is 1.33 bits per heavy atom. The summed E-state index contributed by atoms with van der Waals surface area (Å²) in [5.41, 5.74) is 3.00. The summed E-state index contributed by atoms with van der Waals surface area (Å²) in [6.07, 6.45) is 1.26. The Hall–Kier alpha value is -0.860. The van der Waals surface area contributed by atoms with Crippen LogP contribution in [-0.2, 0) is 6.54 Å². The third-order valence-electron chi connectivity index (χ3n) is 4.16. The Labute approximate surface area is 111 Å². The van der Waals surface area contributed by atoms with Crippen LogP contribution in [0.4, 0.5) is 0 Å².